The molecule has 1 amide bonds. The molecule has 1 aliphatic heterocycles. The summed E-state index contributed by atoms with van der Waals surface area (Å²) in [5, 5.41) is 10.0. The Labute approximate surface area is 128 Å². The molecule has 2 aliphatic carbocycles. The number of aromatic hydroxyl groups is 1. The lowest BCUT2D eigenvalue weighted by atomic mass is 9.80. The summed E-state index contributed by atoms with van der Waals surface area (Å²) >= 11 is 0. The summed E-state index contributed by atoms with van der Waals surface area (Å²) < 4.78 is 5.08. The molecule has 0 bridgehead atoms. The lowest BCUT2D eigenvalue weighted by molar-refractivity contribution is -0.120. The highest BCUT2D eigenvalue weighted by atomic mass is 16.5. The molecule has 114 valence electrons. The third-order valence-corrected chi connectivity index (χ3v) is 5.53. The van der Waals surface area contributed by atoms with E-state index in [4.69, 9.17) is 4.74 Å². The summed E-state index contributed by atoms with van der Waals surface area (Å²) in [5.41, 5.74) is 0.603. The predicted molar refractivity (Wildman–Crippen MR) is 78.4 cm³/mol. The van der Waals surface area contributed by atoms with Gasteiger partial charge in [0.2, 0.25) is 6.41 Å². The van der Waals surface area contributed by atoms with E-state index in [0.717, 1.165) is 18.4 Å². The molecule has 0 radical (unpaired) electrons. The number of hydrogen-bond donors (Lipinski definition) is 1. The van der Waals surface area contributed by atoms with Crippen LogP contribution in [-0.4, -0.2) is 35.9 Å². The van der Waals surface area contributed by atoms with E-state index in [0.29, 0.717) is 18.7 Å². The fourth-order valence-electron chi connectivity index (χ4n) is 4.55. The fraction of sp³-hybridized carbons (Fsp3) is 0.412. The van der Waals surface area contributed by atoms with Gasteiger partial charge >= 0.3 is 0 Å². The van der Waals surface area contributed by atoms with Gasteiger partial charge in [0.25, 0.3) is 0 Å². The van der Waals surface area contributed by atoms with Crippen molar-refractivity contribution in [1.82, 2.24) is 4.90 Å². The van der Waals surface area contributed by atoms with E-state index in [9.17, 15) is 14.7 Å². The third kappa shape index (κ3) is 1.48. The summed E-state index contributed by atoms with van der Waals surface area (Å²) in [6.45, 7) is 0.601. The monoisotopic (exact) mass is 299 g/mol. The highest BCUT2D eigenvalue weighted by Crippen LogP contribution is 2.78. The van der Waals surface area contributed by atoms with Crippen molar-refractivity contribution in [2.45, 2.75) is 18.9 Å². The van der Waals surface area contributed by atoms with E-state index < -0.39 is 0 Å². The highest BCUT2D eigenvalue weighted by Gasteiger charge is 2.76. The average molecular weight is 299 g/mol. The van der Waals surface area contributed by atoms with Crippen molar-refractivity contribution < 1.29 is 19.4 Å². The van der Waals surface area contributed by atoms with Gasteiger partial charge in [-0.2, -0.15) is 0 Å². The lowest BCUT2D eigenvalue weighted by Gasteiger charge is -2.28. The normalized spacial score (nSPS) is 35.0. The maximum absolute atomic E-state index is 11.8. The van der Waals surface area contributed by atoms with Crippen LogP contribution >= 0.6 is 0 Å². The predicted octanol–water partition coefficient (Wildman–Crippen LogP) is 1.82. The van der Waals surface area contributed by atoms with Crippen LogP contribution in [0.2, 0.25) is 0 Å². The number of amides is 1. The maximum Gasteiger partial charge on any atom is 0.210 e. The Morgan fingerprint density at radius 3 is 2.95 bits per heavy atom. The molecule has 2 fully saturated rings. The molecule has 22 heavy (non-hydrogen) atoms. The fourth-order valence-corrected chi connectivity index (χ4v) is 4.55. The van der Waals surface area contributed by atoms with Gasteiger partial charge in [0, 0.05) is 23.8 Å². The van der Waals surface area contributed by atoms with Crippen LogP contribution in [0.5, 0.6) is 11.5 Å². The number of nitrogens with zero attached hydrogens (tertiary/aromatic N) is 1. The molecule has 0 aromatic heterocycles. The molecular formula is C17H17NO4. The van der Waals surface area contributed by atoms with Gasteiger partial charge in [-0.05, 0) is 30.2 Å². The van der Waals surface area contributed by atoms with Crippen LogP contribution < -0.4 is 4.74 Å². The van der Waals surface area contributed by atoms with Gasteiger partial charge < -0.3 is 14.7 Å². The Bertz CT molecular complexity index is 713. The number of carbonyl (C=O) groups excluding carboxylic acids is 2. The van der Waals surface area contributed by atoms with Crippen LogP contribution in [0.4, 0.5) is 0 Å². The number of ketones is 1. The summed E-state index contributed by atoms with van der Waals surface area (Å²) in [6, 6.07) is 5.12. The minimum absolute atomic E-state index is 0.0660. The van der Waals surface area contributed by atoms with Crippen LogP contribution in [0.25, 0.3) is 0 Å². The Kier molecular flexibility index (Phi) is 2.50. The van der Waals surface area contributed by atoms with Crippen LogP contribution in [0, 0.1) is 10.8 Å². The molecule has 5 heteroatoms. The number of rotatable bonds is 3. The van der Waals surface area contributed by atoms with Crippen LogP contribution in [0.3, 0.4) is 0 Å². The Balaban J connectivity index is 1.80. The van der Waals surface area contributed by atoms with Crippen molar-refractivity contribution in [1.29, 1.82) is 0 Å². The van der Waals surface area contributed by atoms with E-state index in [1.54, 1.807) is 23.1 Å². The number of likely N-dealkylation sites (tertiary alicyclic amines) is 1. The van der Waals surface area contributed by atoms with E-state index in [-0.39, 0.29) is 28.4 Å². The SMILES string of the molecule is COc1ccc([C@H]2N(C=O)C[C@@]34CC(=O)C=C[C@@]23C4)cc1O. The van der Waals surface area contributed by atoms with E-state index in [1.165, 1.54) is 7.11 Å². The largest absolute Gasteiger partial charge is 0.504 e. The standard InChI is InChI=1S/C17H17NO4/c1-22-14-3-2-11(6-13(14)21)15-17-5-4-12(20)7-16(17,8-17)9-18(15)10-19/h2-6,10,15,21H,7-9H2,1H3/t15-,16+,17-/m1/s1. The second-order valence-corrected chi connectivity index (χ2v) is 6.59. The number of ether oxygens (including phenoxy) is 1. The van der Waals surface area contributed by atoms with Crippen molar-refractivity contribution >= 4 is 12.2 Å². The zero-order valence-corrected chi connectivity index (χ0v) is 12.3. The average Bonchev–Trinajstić information content (AvgIpc) is 3.06. The molecule has 1 saturated heterocycles. The van der Waals surface area contributed by atoms with Crippen molar-refractivity contribution in [3.63, 3.8) is 0 Å². The smallest absolute Gasteiger partial charge is 0.210 e. The van der Waals surface area contributed by atoms with E-state index in [2.05, 4.69) is 0 Å². The topological polar surface area (TPSA) is 66.8 Å². The van der Waals surface area contributed by atoms with Gasteiger partial charge in [-0.3, -0.25) is 9.59 Å². The van der Waals surface area contributed by atoms with Gasteiger partial charge in [-0.15, -0.1) is 0 Å². The van der Waals surface area contributed by atoms with Crippen molar-refractivity contribution in [2.75, 3.05) is 13.7 Å². The molecule has 1 N–H and O–H groups in total. The summed E-state index contributed by atoms with van der Waals surface area (Å²) in [7, 11) is 1.50. The number of phenols is 1. The van der Waals surface area contributed by atoms with E-state index in [1.807, 2.05) is 12.1 Å². The number of piperidine rings is 1. The van der Waals surface area contributed by atoms with Gasteiger partial charge in [0.05, 0.1) is 13.2 Å². The van der Waals surface area contributed by atoms with Crippen LogP contribution in [-0.2, 0) is 9.59 Å². The molecular weight excluding hydrogens is 282 g/mol. The molecule has 1 saturated carbocycles. The van der Waals surface area contributed by atoms with Gasteiger partial charge in [0.1, 0.15) is 0 Å². The van der Waals surface area contributed by atoms with Gasteiger partial charge in [-0.1, -0.05) is 12.1 Å². The minimum Gasteiger partial charge on any atom is -0.504 e. The second-order valence-electron chi connectivity index (χ2n) is 6.59. The molecule has 3 atom stereocenters. The first-order valence-electron chi connectivity index (χ1n) is 7.35. The molecule has 0 unspecified atom stereocenters. The Morgan fingerprint density at radius 1 is 1.45 bits per heavy atom. The number of hydrogen-bond acceptors (Lipinski definition) is 4. The first kappa shape index (κ1) is 13.4. The molecule has 1 aromatic carbocycles. The maximum atomic E-state index is 11.8. The van der Waals surface area contributed by atoms with E-state index >= 15 is 0 Å². The summed E-state index contributed by atoms with van der Waals surface area (Å²) in [4.78, 5) is 25.0. The van der Waals surface area contributed by atoms with Crippen molar-refractivity contribution in [3.8, 4) is 11.5 Å². The Morgan fingerprint density at radius 2 is 2.27 bits per heavy atom. The first-order chi connectivity index (χ1) is 10.5. The molecule has 0 spiro atoms. The molecule has 1 heterocycles. The van der Waals surface area contributed by atoms with Gasteiger partial charge in [-0.25, -0.2) is 0 Å². The second kappa shape index (κ2) is 4.12. The quantitative estimate of drug-likeness (QED) is 0.865. The van der Waals surface area contributed by atoms with Crippen LogP contribution in [0.1, 0.15) is 24.4 Å². The lowest BCUT2D eigenvalue weighted by Crippen LogP contribution is -2.28. The van der Waals surface area contributed by atoms with Gasteiger partial charge in [0.15, 0.2) is 17.3 Å². The number of benzene rings is 1. The number of carbonyl (C=O) groups is 2. The first-order valence-corrected chi connectivity index (χ1v) is 7.35. The summed E-state index contributed by atoms with van der Waals surface area (Å²) in [6.07, 6.45) is 5.91. The highest BCUT2D eigenvalue weighted by molar-refractivity contribution is 5.93. The number of methoxy groups -OCH3 is 1. The zero-order chi connectivity index (χ0) is 15.5. The minimum atomic E-state index is -0.164. The zero-order valence-electron chi connectivity index (χ0n) is 12.3. The third-order valence-electron chi connectivity index (χ3n) is 5.53. The molecule has 5 nitrogen and oxygen atoms in total. The Hall–Kier alpha value is -2.30. The molecule has 3 aliphatic rings. The van der Waals surface area contributed by atoms with Crippen LogP contribution in [0.15, 0.2) is 30.4 Å². The van der Waals surface area contributed by atoms with Crippen molar-refractivity contribution in [3.05, 3.63) is 35.9 Å². The number of allylic oxidation sites excluding steroid dienone is 1. The molecule has 4 rings (SSSR count). The number of phenolic OH excluding ortho intramolecular Hbond substituents is 1. The molecule has 1 aromatic rings. The van der Waals surface area contributed by atoms with Crippen molar-refractivity contribution in [2.24, 2.45) is 10.8 Å². The summed E-state index contributed by atoms with van der Waals surface area (Å²) in [5.74, 6) is 0.613.